The molecule has 0 fully saturated rings. The van der Waals surface area contributed by atoms with Crippen LogP contribution in [-0.4, -0.2) is 14.5 Å². The van der Waals surface area contributed by atoms with Crippen molar-refractivity contribution in [3.05, 3.63) is 41.6 Å². The first-order chi connectivity index (χ1) is 7.16. The summed E-state index contributed by atoms with van der Waals surface area (Å²) in [6, 6.07) is 3.80. The Kier molecular flexibility index (Phi) is 2.41. The lowest BCUT2D eigenvalue weighted by Gasteiger charge is -2.05. The van der Waals surface area contributed by atoms with Gasteiger partial charge < -0.3 is 10.3 Å². The lowest BCUT2D eigenvalue weighted by Crippen LogP contribution is -2.01. The topological polar surface area (TPSA) is 56.7 Å². The zero-order chi connectivity index (χ0) is 10.8. The molecule has 2 aromatic heterocycles. The van der Waals surface area contributed by atoms with Crippen molar-refractivity contribution in [1.82, 2.24) is 14.5 Å². The van der Waals surface area contributed by atoms with Crippen molar-refractivity contribution in [3.63, 3.8) is 0 Å². The van der Waals surface area contributed by atoms with E-state index in [4.69, 9.17) is 5.73 Å². The number of nitrogens with two attached hydrogens (primary N) is 1. The van der Waals surface area contributed by atoms with E-state index in [1.54, 1.807) is 6.20 Å². The smallest absolute Gasteiger partial charge is 0.123 e. The summed E-state index contributed by atoms with van der Waals surface area (Å²) >= 11 is 0. The van der Waals surface area contributed by atoms with E-state index in [2.05, 4.69) is 21.5 Å². The van der Waals surface area contributed by atoms with Gasteiger partial charge in [-0.25, -0.2) is 9.97 Å². The minimum Gasteiger partial charge on any atom is -0.384 e. The number of rotatable bonds is 2. The Morgan fingerprint density at radius 1 is 1.27 bits per heavy atom. The number of imidazole rings is 1. The minimum atomic E-state index is 0.553. The van der Waals surface area contributed by atoms with Crippen LogP contribution in [0.2, 0.25) is 0 Å². The predicted molar refractivity (Wildman–Crippen MR) is 59.5 cm³/mol. The Hall–Kier alpha value is -1.84. The van der Waals surface area contributed by atoms with Crippen LogP contribution >= 0.6 is 0 Å². The number of aromatic nitrogens is 3. The van der Waals surface area contributed by atoms with Crippen LogP contribution in [0.4, 0.5) is 5.82 Å². The third-order valence-electron chi connectivity index (χ3n) is 2.55. The molecule has 0 radical (unpaired) electrons. The molecule has 0 atom stereocenters. The number of hydrogen-bond donors (Lipinski definition) is 1. The second-order valence-electron chi connectivity index (χ2n) is 3.63. The number of hydrogen-bond acceptors (Lipinski definition) is 3. The van der Waals surface area contributed by atoms with Crippen molar-refractivity contribution < 1.29 is 0 Å². The Labute approximate surface area is 88.8 Å². The first-order valence-electron chi connectivity index (χ1n) is 4.85. The molecule has 2 rings (SSSR count). The average Bonchev–Trinajstić information content (AvgIpc) is 2.53. The molecule has 0 aliphatic heterocycles. The van der Waals surface area contributed by atoms with E-state index < -0.39 is 0 Å². The Bertz CT molecular complexity index is 456. The van der Waals surface area contributed by atoms with Gasteiger partial charge in [0.1, 0.15) is 5.82 Å². The van der Waals surface area contributed by atoms with Crippen LogP contribution in [0.1, 0.15) is 17.0 Å². The van der Waals surface area contributed by atoms with Gasteiger partial charge in [0.15, 0.2) is 0 Å². The standard InChI is InChI=1S/C11H14N4/c1-8-9(2)15(7-14-8)6-10-3-4-11(12)13-5-10/h3-5,7H,6H2,1-2H3,(H2,12,13). The van der Waals surface area contributed by atoms with Gasteiger partial charge in [-0.2, -0.15) is 0 Å². The van der Waals surface area contributed by atoms with Gasteiger partial charge in [0.2, 0.25) is 0 Å². The molecule has 4 nitrogen and oxygen atoms in total. The van der Waals surface area contributed by atoms with Crippen LogP contribution < -0.4 is 5.73 Å². The molecule has 0 aromatic carbocycles. The van der Waals surface area contributed by atoms with E-state index in [0.717, 1.165) is 17.8 Å². The van der Waals surface area contributed by atoms with E-state index in [9.17, 15) is 0 Å². The number of nitrogen functional groups attached to an aromatic ring is 1. The predicted octanol–water partition coefficient (Wildman–Crippen LogP) is 1.53. The fraction of sp³-hybridized carbons (Fsp3) is 0.273. The van der Waals surface area contributed by atoms with E-state index in [0.29, 0.717) is 5.82 Å². The van der Waals surface area contributed by atoms with Gasteiger partial charge in [0, 0.05) is 11.9 Å². The molecule has 0 unspecified atom stereocenters. The van der Waals surface area contributed by atoms with E-state index >= 15 is 0 Å². The fourth-order valence-corrected chi connectivity index (χ4v) is 1.43. The van der Waals surface area contributed by atoms with E-state index in [-0.39, 0.29) is 0 Å². The molecule has 0 amide bonds. The summed E-state index contributed by atoms with van der Waals surface area (Å²) in [4.78, 5) is 8.30. The lowest BCUT2D eigenvalue weighted by atomic mass is 10.2. The Morgan fingerprint density at radius 3 is 2.60 bits per heavy atom. The molecular weight excluding hydrogens is 188 g/mol. The van der Waals surface area contributed by atoms with Crippen LogP contribution in [0.5, 0.6) is 0 Å². The minimum absolute atomic E-state index is 0.553. The number of anilines is 1. The van der Waals surface area contributed by atoms with Gasteiger partial charge in [0.25, 0.3) is 0 Å². The molecule has 2 aromatic rings. The highest BCUT2D eigenvalue weighted by Crippen LogP contribution is 2.08. The summed E-state index contributed by atoms with van der Waals surface area (Å²) in [5.41, 5.74) is 8.91. The van der Waals surface area contributed by atoms with E-state index in [1.807, 2.05) is 25.4 Å². The van der Waals surface area contributed by atoms with Gasteiger partial charge in [-0.1, -0.05) is 6.07 Å². The molecule has 0 bridgehead atoms. The highest BCUT2D eigenvalue weighted by atomic mass is 15.0. The Balaban J connectivity index is 2.22. The summed E-state index contributed by atoms with van der Waals surface area (Å²) in [7, 11) is 0. The summed E-state index contributed by atoms with van der Waals surface area (Å²) in [6.45, 7) is 4.86. The monoisotopic (exact) mass is 202 g/mol. The maximum absolute atomic E-state index is 5.52. The highest BCUT2D eigenvalue weighted by molar-refractivity contribution is 5.29. The van der Waals surface area contributed by atoms with Crippen molar-refractivity contribution in [2.75, 3.05) is 5.73 Å². The van der Waals surface area contributed by atoms with Crippen molar-refractivity contribution in [2.45, 2.75) is 20.4 Å². The quantitative estimate of drug-likeness (QED) is 0.803. The highest BCUT2D eigenvalue weighted by Gasteiger charge is 2.02. The normalized spacial score (nSPS) is 10.5. The second kappa shape index (κ2) is 3.73. The van der Waals surface area contributed by atoms with Gasteiger partial charge >= 0.3 is 0 Å². The molecule has 0 spiro atoms. The summed E-state index contributed by atoms with van der Waals surface area (Å²) in [5.74, 6) is 0.553. The first-order valence-corrected chi connectivity index (χ1v) is 4.85. The molecule has 0 aliphatic carbocycles. The first kappa shape index (κ1) is 9.71. The maximum atomic E-state index is 5.52. The average molecular weight is 202 g/mol. The van der Waals surface area contributed by atoms with Crippen molar-refractivity contribution in [1.29, 1.82) is 0 Å². The van der Waals surface area contributed by atoms with Gasteiger partial charge in [-0.05, 0) is 25.5 Å². The van der Waals surface area contributed by atoms with Crippen molar-refractivity contribution >= 4 is 5.82 Å². The number of nitrogens with zero attached hydrogens (tertiary/aromatic N) is 3. The number of pyridine rings is 1. The van der Waals surface area contributed by atoms with Gasteiger partial charge in [0.05, 0.1) is 18.6 Å². The van der Waals surface area contributed by atoms with Gasteiger partial charge in [-0.3, -0.25) is 0 Å². The van der Waals surface area contributed by atoms with Crippen molar-refractivity contribution in [3.8, 4) is 0 Å². The summed E-state index contributed by atoms with van der Waals surface area (Å²) in [5, 5.41) is 0. The summed E-state index contributed by atoms with van der Waals surface area (Å²) < 4.78 is 2.10. The van der Waals surface area contributed by atoms with Crippen LogP contribution in [0, 0.1) is 13.8 Å². The third-order valence-corrected chi connectivity index (χ3v) is 2.55. The zero-order valence-electron chi connectivity index (χ0n) is 8.94. The molecule has 78 valence electrons. The van der Waals surface area contributed by atoms with Gasteiger partial charge in [-0.15, -0.1) is 0 Å². The fourth-order valence-electron chi connectivity index (χ4n) is 1.43. The molecule has 2 heterocycles. The molecule has 4 heteroatoms. The third kappa shape index (κ3) is 1.98. The molecule has 0 saturated carbocycles. The summed E-state index contributed by atoms with van der Waals surface area (Å²) in [6.07, 6.45) is 3.64. The zero-order valence-corrected chi connectivity index (χ0v) is 8.94. The van der Waals surface area contributed by atoms with Crippen LogP contribution in [0.15, 0.2) is 24.7 Å². The van der Waals surface area contributed by atoms with Crippen LogP contribution in [-0.2, 0) is 6.54 Å². The second-order valence-corrected chi connectivity index (χ2v) is 3.63. The number of aryl methyl sites for hydroxylation is 1. The molecule has 0 aliphatic rings. The van der Waals surface area contributed by atoms with E-state index in [1.165, 1.54) is 5.69 Å². The molecule has 2 N–H and O–H groups in total. The maximum Gasteiger partial charge on any atom is 0.123 e. The largest absolute Gasteiger partial charge is 0.384 e. The van der Waals surface area contributed by atoms with Crippen LogP contribution in [0.3, 0.4) is 0 Å². The molecule has 0 saturated heterocycles. The molecule has 15 heavy (non-hydrogen) atoms. The molecular formula is C11H14N4. The Morgan fingerprint density at radius 2 is 2.07 bits per heavy atom. The SMILES string of the molecule is Cc1ncn(Cc2ccc(N)nc2)c1C. The van der Waals surface area contributed by atoms with Crippen LogP contribution in [0.25, 0.3) is 0 Å². The van der Waals surface area contributed by atoms with Crippen molar-refractivity contribution in [2.24, 2.45) is 0 Å². The lowest BCUT2D eigenvalue weighted by molar-refractivity contribution is 0.766.